The summed E-state index contributed by atoms with van der Waals surface area (Å²) in [6.07, 6.45) is 3.88. The maximum Gasteiger partial charge on any atom is 0.284 e. The second-order valence-electron chi connectivity index (χ2n) is 8.24. The molecular formula is C24H28N4O3S. The SMILES string of the molecule is Cc1[nH]c2ccccc2c1CC(=O)Nc1cccc(S(=O)(=O)/N=C2/CCCCCN2C)c1. The summed E-state index contributed by atoms with van der Waals surface area (Å²) in [7, 11) is -1.98. The number of amides is 1. The number of carbonyl (C=O) groups is 1. The Kier molecular flexibility index (Phi) is 6.32. The zero-order valence-corrected chi connectivity index (χ0v) is 19.2. The number of hydrogen-bond donors (Lipinski definition) is 2. The Hall–Kier alpha value is -3.13. The fourth-order valence-corrected chi connectivity index (χ4v) is 5.24. The summed E-state index contributed by atoms with van der Waals surface area (Å²) in [4.78, 5) is 18.0. The molecule has 1 amide bonds. The maximum absolute atomic E-state index is 12.9. The highest BCUT2D eigenvalue weighted by molar-refractivity contribution is 7.90. The number of H-pyrrole nitrogens is 1. The van der Waals surface area contributed by atoms with Gasteiger partial charge in [0.25, 0.3) is 10.0 Å². The van der Waals surface area contributed by atoms with Crippen molar-refractivity contribution in [2.75, 3.05) is 18.9 Å². The minimum Gasteiger partial charge on any atom is -0.362 e. The maximum atomic E-state index is 12.9. The van der Waals surface area contributed by atoms with Crippen LogP contribution in [0.4, 0.5) is 5.69 Å². The van der Waals surface area contributed by atoms with Crippen LogP contribution in [-0.4, -0.2) is 43.6 Å². The Bertz CT molecular complexity index is 1280. The number of fused-ring (bicyclic) bond motifs is 1. The number of para-hydroxylation sites is 1. The Morgan fingerprint density at radius 3 is 2.78 bits per heavy atom. The second-order valence-corrected chi connectivity index (χ2v) is 9.85. The summed E-state index contributed by atoms with van der Waals surface area (Å²) in [5.41, 5.74) is 3.30. The predicted molar refractivity (Wildman–Crippen MR) is 128 cm³/mol. The van der Waals surface area contributed by atoms with E-state index in [1.54, 1.807) is 12.1 Å². The Labute approximate surface area is 188 Å². The van der Waals surface area contributed by atoms with E-state index >= 15 is 0 Å². The van der Waals surface area contributed by atoms with Crippen LogP contribution in [0.25, 0.3) is 10.9 Å². The van der Waals surface area contributed by atoms with Crippen molar-refractivity contribution in [3.63, 3.8) is 0 Å². The van der Waals surface area contributed by atoms with E-state index in [1.807, 2.05) is 43.1 Å². The number of benzene rings is 2. The molecule has 0 unspecified atom stereocenters. The average molecular weight is 453 g/mol. The number of hydrogen-bond acceptors (Lipinski definition) is 3. The molecule has 32 heavy (non-hydrogen) atoms. The van der Waals surface area contributed by atoms with Gasteiger partial charge in [-0.2, -0.15) is 8.42 Å². The molecule has 1 aromatic heterocycles. The number of sulfonamides is 1. The standard InChI is InChI=1S/C24H28N4O3S/c1-17-21(20-11-5-6-12-22(20)25-17)16-24(29)26-18-9-8-10-19(15-18)32(30,31)27-23-13-4-3-7-14-28(23)2/h5-6,8-12,15,25H,3-4,7,13-14,16H2,1-2H3,(H,26,29)/b27-23-. The molecule has 8 heteroatoms. The van der Waals surface area contributed by atoms with Gasteiger partial charge in [-0.15, -0.1) is 4.40 Å². The number of aromatic amines is 1. The summed E-state index contributed by atoms with van der Waals surface area (Å²) in [5.74, 6) is 0.383. The molecule has 0 bridgehead atoms. The number of amidine groups is 1. The monoisotopic (exact) mass is 452 g/mol. The fourth-order valence-electron chi connectivity index (χ4n) is 4.10. The summed E-state index contributed by atoms with van der Waals surface area (Å²) in [6.45, 7) is 2.75. The van der Waals surface area contributed by atoms with Crippen molar-refractivity contribution >= 4 is 38.4 Å². The van der Waals surface area contributed by atoms with Gasteiger partial charge in [0.2, 0.25) is 5.91 Å². The topological polar surface area (TPSA) is 94.6 Å². The molecule has 2 heterocycles. The van der Waals surface area contributed by atoms with E-state index < -0.39 is 10.0 Å². The van der Waals surface area contributed by atoms with Crippen LogP contribution in [0.15, 0.2) is 57.8 Å². The summed E-state index contributed by atoms with van der Waals surface area (Å²) in [6, 6.07) is 14.1. The lowest BCUT2D eigenvalue weighted by atomic mass is 10.1. The lowest BCUT2D eigenvalue weighted by molar-refractivity contribution is -0.115. The van der Waals surface area contributed by atoms with Crippen molar-refractivity contribution in [1.29, 1.82) is 0 Å². The highest BCUT2D eigenvalue weighted by Crippen LogP contribution is 2.24. The molecular weight excluding hydrogens is 424 g/mol. The van der Waals surface area contributed by atoms with Crippen molar-refractivity contribution in [3.8, 4) is 0 Å². The minimum atomic E-state index is -3.86. The van der Waals surface area contributed by atoms with Gasteiger partial charge >= 0.3 is 0 Å². The van der Waals surface area contributed by atoms with E-state index in [2.05, 4.69) is 14.7 Å². The van der Waals surface area contributed by atoms with Crippen molar-refractivity contribution in [2.24, 2.45) is 4.40 Å². The van der Waals surface area contributed by atoms with Gasteiger partial charge < -0.3 is 15.2 Å². The largest absolute Gasteiger partial charge is 0.362 e. The molecule has 2 N–H and O–H groups in total. The van der Waals surface area contributed by atoms with Crippen LogP contribution >= 0.6 is 0 Å². The molecule has 2 aromatic carbocycles. The van der Waals surface area contributed by atoms with E-state index in [9.17, 15) is 13.2 Å². The Morgan fingerprint density at radius 1 is 1.12 bits per heavy atom. The quantitative estimate of drug-likeness (QED) is 0.605. The predicted octanol–water partition coefficient (Wildman–Crippen LogP) is 4.25. The molecule has 1 fully saturated rings. The number of aromatic nitrogens is 1. The first kappa shape index (κ1) is 22.1. The van der Waals surface area contributed by atoms with Crippen LogP contribution in [0.2, 0.25) is 0 Å². The van der Waals surface area contributed by atoms with Crippen molar-refractivity contribution < 1.29 is 13.2 Å². The average Bonchev–Trinajstić information content (AvgIpc) is 2.93. The van der Waals surface area contributed by atoms with Crippen LogP contribution in [-0.2, 0) is 21.2 Å². The molecule has 1 aliphatic heterocycles. The van der Waals surface area contributed by atoms with Crippen LogP contribution in [0, 0.1) is 6.92 Å². The van der Waals surface area contributed by atoms with Gasteiger partial charge in [0.15, 0.2) is 0 Å². The van der Waals surface area contributed by atoms with E-state index in [1.165, 1.54) is 12.1 Å². The summed E-state index contributed by atoms with van der Waals surface area (Å²) in [5, 5.41) is 3.84. The third-order valence-electron chi connectivity index (χ3n) is 5.84. The molecule has 7 nitrogen and oxygen atoms in total. The zero-order chi connectivity index (χ0) is 22.7. The highest BCUT2D eigenvalue weighted by Gasteiger charge is 2.19. The third kappa shape index (κ3) is 4.85. The second kappa shape index (κ2) is 9.16. The van der Waals surface area contributed by atoms with Crippen molar-refractivity contribution in [3.05, 3.63) is 59.8 Å². The van der Waals surface area contributed by atoms with Crippen LogP contribution in [0.1, 0.15) is 36.9 Å². The molecule has 3 aromatic rings. The summed E-state index contributed by atoms with van der Waals surface area (Å²) < 4.78 is 29.9. The minimum absolute atomic E-state index is 0.0729. The number of anilines is 1. The number of rotatable bonds is 5. The summed E-state index contributed by atoms with van der Waals surface area (Å²) >= 11 is 0. The molecule has 0 radical (unpaired) electrons. The van der Waals surface area contributed by atoms with Crippen LogP contribution in [0.5, 0.6) is 0 Å². The molecule has 4 rings (SSSR count). The van der Waals surface area contributed by atoms with Crippen molar-refractivity contribution in [2.45, 2.75) is 43.9 Å². The Balaban J connectivity index is 1.52. The van der Waals surface area contributed by atoms with E-state index in [0.717, 1.165) is 48.0 Å². The zero-order valence-electron chi connectivity index (χ0n) is 18.4. The molecule has 168 valence electrons. The Morgan fingerprint density at radius 2 is 1.94 bits per heavy atom. The number of carbonyl (C=O) groups excluding carboxylic acids is 1. The number of nitrogens with one attached hydrogen (secondary N) is 2. The van der Waals surface area contributed by atoms with E-state index in [4.69, 9.17) is 0 Å². The van der Waals surface area contributed by atoms with Gasteiger partial charge in [-0.25, -0.2) is 0 Å². The van der Waals surface area contributed by atoms with Gasteiger partial charge in [0, 0.05) is 42.3 Å². The molecule has 0 aliphatic carbocycles. The highest BCUT2D eigenvalue weighted by atomic mass is 32.2. The van der Waals surface area contributed by atoms with E-state index in [-0.39, 0.29) is 17.2 Å². The molecule has 1 saturated heterocycles. The van der Waals surface area contributed by atoms with Gasteiger partial charge in [-0.05, 0) is 49.6 Å². The normalized spacial score (nSPS) is 16.3. The van der Waals surface area contributed by atoms with Crippen LogP contribution < -0.4 is 5.32 Å². The van der Waals surface area contributed by atoms with Crippen molar-refractivity contribution in [1.82, 2.24) is 9.88 Å². The number of likely N-dealkylation sites (tertiary alicyclic amines) is 1. The molecule has 1 aliphatic rings. The van der Waals surface area contributed by atoms with Crippen LogP contribution in [0.3, 0.4) is 0 Å². The molecule has 0 spiro atoms. The third-order valence-corrected chi connectivity index (χ3v) is 7.14. The fraction of sp³-hybridized carbons (Fsp3) is 0.333. The lowest BCUT2D eigenvalue weighted by Crippen LogP contribution is -2.26. The number of nitrogens with zero attached hydrogens (tertiary/aromatic N) is 2. The molecule has 0 atom stereocenters. The van der Waals surface area contributed by atoms with Gasteiger partial charge in [0.05, 0.1) is 11.3 Å². The van der Waals surface area contributed by atoms with Gasteiger partial charge in [0.1, 0.15) is 5.84 Å². The lowest BCUT2D eigenvalue weighted by Gasteiger charge is -2.17. The van der Waals surface area contributed by atoms with Gasteiger partial charge in [-0.3, -0.25) is 4.79 Å². The van der Waals surface area contributed by atoms with E-state index in [0.29, 0.717) is 17.9 Å². The smallest absolute Gasteiger partial charge is 0.284 e. The molecule has 0 saturated carbocycles. The first-order valence-corrected chi connectivity index (χ1v) is 12.3. The number of aryl methyl sites for hydroxylation is 1. The van der Waals surface area contributed by atoms with Gasteiger partial charge in [-0.1, -0.05) is 30.7 Å². The first-order chi connectivity index (χ1) is 15.3. The first-order valence-electron chi connectivity index (χ1n) is 10.8.